The van der Waals surface area contributed by atoms with Crippen LogP contribution in [0.15, 0.2) is 125 Å². The lowest BCUT2D eigenvalue weighted by molar-refractivity contribution is -0.384. The number of nitrogens with zero attached hydrogens (tertiary/aromatic N) is 7. The first kappa shape index (κ1) is 72.5. The number of ether oxygens (including phenoxy) is 1. The number of halogens is 1. The summed E-state index contributed by atoms with van der Waals surface area (Å²) in [5, 5.41) is 33.7. The molecule has 7 aromatic rings. The van der Waals surface area contributed by atoms with Crippen LogP contribution in [0.3, 0.4) is 0 Å². The monoisotopic (exact) mass is 1420 g/mol. The third-order valence-electron chi connectivity index (χ3n) is 19.6. The molecule has 6 heterocycles. The second-order valence-corrected chi connectivity index (χ2v) is 31.6. The quantitative estimate of drug-likeness (QED) is 0.0176. The van der Waals surface area contributed by atoms with Gasteiger partial charge in [-0.05, 0) is 139 Å². The van der Waals surface area contributed by atoms with Gasteiger partial charge in [0.25, 0.3) is 21.6 Å². The Morgan fingerprint density at radius 3 is 2.33 bits per heavy atom. The number of carbonyl (C=O) groups excluding carboxylic acids is 5. The number of hydrogen-bond donors (Lipinski definition) is 6. The van der Waals surface area contributed by atoms with Crippen LogP contribution in [0.2, 0.25) is 5.02 Å². The van der Waals surface area contributed by atoms with Crippen molar-refractivity contribution in [2.75, 3.05) is 69.1 Å². The number of β-amino-alcohol motifs (C(OH)–C–C–N with tert-alkyl or cyclic N) is 1. The molecule has 26 heteroatoms. The molecule has 4 aromatic carbocycles. The number of nitrogens with one attached hydrogen (secondary N) is 5. The molecule has 3 fully saturated rings. The molecule has 6 N–H and O–H groups in total. The van der Waals surface area contributed by atoms with Crippen molar-refractivity contribution in [3.63, 3.8) is 0 Å². The number of rotatable bonds is 25. The van der Waals surface area contributed by atoms with E-state index in [9.17, 15) is 47.6 Å². The number of carbonyl (C=O) groups is 5. The summed E-state index contributed by atoms with van der Waals surface area (Å²) in [5.74, 6) is -1.75. The predicted octanol–water partition coefficient (Wildman–Crippen LogP) is 11.7. The Hall–Kier alpha value is -8.75. The molecule has 3 aromatic heterocycles. The number of nitro benzene ring substituents is 1. The Morgan fingerprint density at radius 2 is 1.62 bits per heavy atom. The molecule has 5 amide bonds. The lowest BCUT2D eigenvalue weighted by Gasteiger charge is -2.39. The molecule has 3 aliphatic heterocycles. The van der Waals surface area contributed by atoms with E-state index in [0.717, 1.165) is 77.7 Å². The van der Waals surface area contributed by atoms with Gasteiger partial charge in [-0.1, -0.05) is 94.6 Å². The summed E-state index contributed by atoms with van der Waals surface area (Å²) in [4.78, 5) is 101. The molecule has 0 spiro atoms. The van der Waals surface area contributed by atoms with Gasteiger partial charge in [-0.25, -0.2) is 23.1 Å². The molecule has 100 heavy (non-hydrogen) atoms. The number of aliphatic hydroxyl groups excluding tert-OH is 1. The molecule has 4 aliphatic rings. The number of aliphatic hydroxyl groups is 1. The lowest BCUT2D eigenvalue weighted by atomic mass is 9.72. The van der Waals surface area contributed by atoms with Crippen molar-refractivity contribution >= 4 is 96.2 Å². The number of thiazole rings is 1. The number of H-pyrrole nitrogens is 1. The van der Waals surface area contributed by atoms with E-state index in [0.29, 0.717) is 81.2 Å². The Bertz CT molecular complexity index is 4290. The number of anilines is 2. The van der Waals surface area contributed by atoms with E-state index < -0.39 is 66.9 Å². The molecular weight excluding hydrogens is 1330 g/mol. The van der Waals surface area contributed by atoms with Gasteiger partial charge in [0.2, 0.25) is 23.6 Å². The van der Waals surface area contributed by atoms with Crippen LogP contribution >= 0.6 is 22.9 Å². The average Bonchev–Trinajstić information content (AvgIpc) is 0.992. The first-order valence-electron chi connectivity index (χ1n) is 34.4. The van der Waals surface area contributed by atoms with Gasteiger partial charge < -0.3 is 45.5 Å². The normalized spacial score (nSPS) is 18.0. The topological polar surface area (TPSA) is 295 Å². The second kappa shape index (κ2) is 31.4. The number of amides is 5. The number of likely N-dealkylation sites (tertiary alicyclic amines) is 2. The number of benzene rings is 4. The van der Waals surface area contributed by atoms with Crippen LogP contribution < -0.4 is 30.3 Å². The molecule has 0 radical (unpaired) electrons. The number of aryl methyl sites for hydroxylation is 1. The highest BCUT2D eigenvalue weighted by molar-refractivity contribution is 7.90. The second-order valence-electron chi connectivity index (χ2n) is 28.6. The van der Waals surface area contributed by atoms with Crippen molar-refractivity contribution in [2.45, 2.75) is 142 Å². The number of nitro groups is 1. The predicted molar refractivity (Wildman–Crippen MR) is 388 cm³/mol. The van der Waals surface area contributed by atoms with Crippen LogP contribution in [0.4, 0.5) is 17.1 Å². The van der Waals surface area contributed by atoms with E-state index in [2.05, 4.69) is 71.4 Å². The van der Waals surface area contributed by atoms with Gasteiger partial charge in [-0.2, -0.15) is 0 Å². The zero-order chi connectivity index (χ0) is 71.0. The SMILES string of the molecule is Cc1ncsc1-c1ccc(CNC(=O)[C@@H]2C[C@@H](O)CN2C(=O)[C@@H](NC(=O)CCCCCC(=O)N2CCC(CNc3ccc(S(=O)(=O)NC(=O)c4ccc(N5CCN(CC6=C(c7ccc(Cl)cc7)CC(C)(C)CC6)CC5)cc4Oc4cnc5[nH]ccc5c4)cc3[N+](=O)[O-])CC2)C(C)(C)C)cc1. The van der Waals surface area contributed by atoms with Crippen molar-refractivity contribution in [1.29, 1.82) is 0 Å². The number of piperidine rings is 1. The lowest BCUT2D eigenvalue weighted by Crippen LogP contribution is -2.57. The van der Waals surface area contributed by atoms with E-state index in [1.807, 2.05) is 70.2 Å². The summed E-state index contributed by atoms with van der Waals surface area (Å²) < 4.78 is 36.6. The summed E-state index contributed by atoms with van der Waals surface area (Å²) in [6.45, 7) is 17.4. The number of hydrogen-bond acceptors (Lipinski definition) is 17. The van der Waals surface area contributed by atoms with E-state index in [-0.39, 0.29) is 72.5 Å². The number of sulfonamides is 1. The van der Waals surface area contributed by atoms with Gasteiger partial charge in [-0.15, -0.1) is 11.3 Å². The van der Waals surface area contributed by atoms with Crippen LogP contribution in [0.1, 0.15) is 132 Å². The first-order chi connectivity index (χ1) is 47.7. The molecule has 3 saturated heterocycles. The van der Waals surface area contributed by atoms with Gasteiger partial charge in [0, 0.05) is 119 Å². The summed E-state index contributed by atoms with van der Waals surface area (Å²) >= 11 is 7.84. The Balaban J connectivity index is 0.634. The minimum Gasteiger partial charge on any atom is -0.455 e. The fourth-order valence-electron chi connectivity index (χ4n) is 13.7. The van der Waals surface area contributed by atoms with Crippen molar-refractivity contribution in [3.8, 4) is 21.9 Å². The maximum atomic E-state index is 14.2. The minimum atomic E-state index is -4.68. The van der Waals surface area contributed by atoms with Gasteiger partial charge >= 0.3 is 0 Å². The van der Waals surface area contributed by atoms with E-state index in [4.69, 9.17) is 16.3 Å². The van der Waals surface area contributed by atoms with Crippen LogP contribution in [-0.4, -0.2) is 155 Å². The smallest absolute Gasteiger partial charge is 0.293 e. The number of unbranched alkanes of at least 4 members (excludes halogenated alkanes) is 2. The van der Waals surface area contributed by atoms with Crippen LogP contribution in [0, 0.1) is 33.8 Å². The summed E-state index contributed by atoms with van der Waals surface area (Å²) in [6, 6.07) is 26.1. The fourth-order valence-corrected chi connectivity index (χ4v) is 15.7. The number of aromatic nitrogens is 3. The first-order valence-corrected chi connectivity index (χ1v) is 37.1. The summed E-state index contributed by atoms with van der Waals surface area (Å²) in [5.41, 5.74) is 9.08. The number of fused-ring (bicyclic) bond motifs is 1. The molecule has 3 atom stereocenters. The van der Waals surface area contributed by atoms with E-state index in [1.165, 1.54) is 46.0 Å². The third-order valence-corrected chi connectivity index (χ3v) is 22.2. The van der Waals surface area contributed by atoms with Crippen LogP contribution in [-0.2, 0) is 35.7 Å². The molecule has 0 saturated carbocycles. The van der Waals surface area contributed by atoms with E-state index in [1.54, 1.807) is 46.1 Å². The maximum Gasteiger partial charge on any atom is 0.293 e. The molecule has 23 nitrogen and oxygen atoms in total. The van der Waals surface area contributed by atoms with Crippen molar-refractivity contribution < 1.29 is 47.2 Å². The average molecular weight is 1420 g/mol. The summed E-state index contributed by atoms with van der Waals surface area (Å²) in [6.07, 6.45) is 8.80. The van der Waals surface area contributed by atoms with Crippen LogP contribution in [0.5, 0.6) is 11.5 Å². The Morgan fingerprint density at radius 1 is 0.890 bits per heavy atom. The zero-order valence-electron chi connectivity index (χ0n) is 57.5. The van der Waals surface area contributed by atoms with Crippen molar-refractivity contribution in [3.05, 3.63) is 158 Å². The van der Waals surface area contributed by atoms with Crippen LogP contribution in [0.25, 0.3) is 27.0 Å². The highest BCUT2D eigenvalue weighted by atomic mass is 35.5. The minimum absolute atomic E-state index is 0.0185. The third kappa shape index (κ3) is 18.0. The van der Waals surface area contributed by atoms with Crippen molar-refractivity contribution in [2.24, 2.45) is 16.7 Å². The molecule has 1 aliphatic carbocycles. The molecule has 530 valence electrons. The Labute approximate surface area is 592 Å². The number of allylic oxidation sites excluding steroid dienone is 1. The molecule has 11 rings (SSSR count). The maximum absolute atomic E-state index is 14.2. The van der Waals surface area contributed by atoms with Gasteiger partial charge in [0.1, 0.15) is 34.9 Å². The largest absolute Gasteiger partial charge is 0.455 e. The van der Waals surface area contributed by atoms with E-state index >= 15 is 0 Å². The van der Waals surface area contributed by atoms with Gasteiger partial charge in [0.05, 0.1) is 43.8 Å². The standard InChI is InChI=1S/C74H89ClN12O11S2/c1-47-67(99-46-80-47)51-14-12-48(13-15-51)42-79-71(92)63-38-56(88)45-86(63)72(93)68(73(2,3)4)81-65(89)10-8-7-9-11-66(90)85-30-26-49(27-31-85)41-77-61-23-21-58(39-62(61)87(94)95)100(96,97)82-70(91)59-22-20-55(37-64(59)98-57-36-52-25-29-76-69(52)78-43-57)84-34-32-83(33-35-84)44-53-24-28-74(5,6)40-60(53)50-16-18-54(75)19-17-50/h12-23,25,29,36-37,39,43,46,49,56,63,68,77,88H,7-11,24,26-28,30-35,38,40-42,44-45H2,1-6H3,(H,76,78)(H,79,92)(H,81,89)(H,82,91)/t56-,63+,68-/m1/s1. The van der Waals surface area contributed by atoms with Crippen molar-refractivity contribution in [1.82, 2.24) is 45.0 Å². The summed E-state index contributed by atoms with van der Waals surface area (Å²) in [7, 11) is -4.68. The highest BCUT2D eigenvalue weighted by Gasteiger charge is 2.45. The highest BCUT2D eigenvalue weighted by Crippen LogP contribution is 2.44. The number of piperazine rings is 1. The number of pyridine rings is 1. The fraction of sp³-hybridized carbons (Fsp3) is 0.446. The zero-order valence-corrected chi connectivity index (χ0v) is 59.9. The number of aromatic amines is 1. The van der Waals surface area contributed by atoms with Gasteiger partial charge in [0.15, 0.2) is 0 Å². The molecular formula is C74H89ClN12O11S2. The molecule has 0 bridgehead atoms. The Kier molecular flexibility index (Phi) is 22.8. The molecule has 0 unspecified atom stereocenters. The van der Waals surface area contributed by atoms with Gasteiger partial charge in [-0.3, -0.25) is 39.0 Å².